The monoisotopic (exact) mass is 434 g/mol. The predicted molar refractivity (Wildman–Crippen MR) is 102 cm³/mol. The van der Waals surface area contributed by atoms with Gasteiger partial charge in [0.25, 0.3) is 0 Å². The predicted octanol–water partition coefficient (Wildman–Crippen LogP) is 2.40. The number of ether oxygens (including phenoxy) is 2. The molecule has 1 amide bonds. The summed E-state index contributed by atoms with van der Waals surface area (Å²) in [5.41, 5.74) is 0.971. The van der Waals surface area contributed by atoms with Gasteiger partial charge >= 0.3 is 0 Å². The fraction of sp³-hybridized carbons (Fsp3) is 0.350. The van der Waals surface area contributed by atoms with E-state index in [1.165, 1.54) is 0 Å². The molecule has 1 aliphatic heterocycles. The van der Waals surface area contributed by atoms with Crippen molar-refractivity contribution < 1.29 is 24.5 Å². The number of rotatable bonds is 6. The zero-order chi connectivity index (χ0) is 19.2. The van der Waals surface area contributed by atoms with Crippen molar-refractivity contribution in [1.29, 1.82) is 0 Å². The second-order valence-electron chi connectivity index (χ2n) is 6.39. The Morgan fingerprint density at radius 1 is 1.07 bits per heavy atom. The molecule has 1 aliphatic rings. The molecule has 1 fully saturated rings. The quantitative estimate of drug-likeness (QED) is 0.705. The molecule has 27 heavy (non-hydrogen) atoms. The normalized spacial score (nSPS) is 19.6. The Morgan fingerprint density at radius 2 is 1.63 bits per heavy atom. The molecule has 0 saturated carbocycles. The molecule has 1 saturated heterocycles. The van der Waals surface area contributed by atoms with Crippen LogP contribution in [0.5, 0.6) is 11.5 Å². The van der Waals surface area contributed by atoms with E-state index >= 15 is 0 Å². The molecule has 7 heteroatoms. The summed E-state index contributed by atoms with van der Waals surface area (Å²) < 4.78 is 12.3. The van der Waals surface area contributed by atoms with Crippen LogP contribution in [-0.2, 0) is 0 Å². The molecule has 1 N–H and O–H groups in total. The molecule has 2 aromatic carbocycles. The van der Waals surface area contributed by atoms with Crippen LogP contribution < -0.4 is 14.6 Å². The maximum atomic E-state index is 10.9. The van der Waals surface area contributed by atoms with Gasteiger partial charge in [0.1, 0.15) is 30.8 Å². The van der Waals surface area contributed by atoms with Gasteiger partial charge in [0, 0.05) is 23.5 Å². The molecular formula is C20H21BrNO5-. The van der Waals surface area contributed by atoms with Gasteiger partial charge in [-0.15, -0.1) is 0 Å². The van der Waals surface area contributed by atoms with Crippen LogP contribution in [0.3, 0.4) is 0 Å². The van der Waals surface area contributed by atoms with E-state index in [0.29, 0.717) is 26.2 Å². The third-order valence-electron chi connectivity index (χ3n) is 4.58. The van der Waals surface area contributed by atoms with Crippen LogP contribution >= 0.6 is 15.9 Å². The van der Waals surface area contributed by atoms with E-state index in [2.05, 4.69) is 15.9 Å². The van der Waals surface area contributed by atoms with Gasteiger partial charge in [0.05, 0.1) is 6.10 Å². The number of β-amino-alcohol motifs (C(OH)–C–C–N with tert-alkyl or cyclic N) is 1. The summed E-state index contributed by atoms with van der Waals surface area (Å²) in [5.74, 6) is 1.42. The molecule has 1 heterocycles. The van der Waals surface area contributed by atoms with Crippen molar-refractivity contribution in [2.45, 2.75) is 18.4 Å². The molecule has 2 atom stereocenters. The van der Waals surface area contributed by atoms with Crippen LogP contribution in [0.1, 0.15) is 17.9 Å². The molecule has 0 radical (unpaired) electrons. The number of hydrogen-bond donors (Lipinski definition) is 1. The molecule has 6 nitrogen and oxygen atoms in total. The summed E-state index contributed by atoms with van der Waals surface area (Å²) in [7, 11) is 0. The SMILES string of the molecule is O=C([O-])N1CCC(c2ccc(OCCOc3ccc(Br)cc3)cc2)C(O)C1. The van der Waals surface area contributed by atoms with E-state index in [1.807, 2.05) is 48.5 Å². The van der Waals surface area contributed by atoms with Crippen LogP contribution in [0.25, 0.3) is 0 Å². The lowest BCUT2D eigenvalue weighted by Crippen LogP contribution is -2.50. The molecular weight excluding hydrogens is 414 g/mol. The van der Waals surface area contributed by atoms with Gasteiger partial charge in [0.2, 0.25) is 0 Å². The largest absolute Gasteiger partial charge is 0.530 e. The molecule has 3 rings (SSSR count). The lowest BCUT2D eigenvalue weighted by atomic mass is 9.87. The number of piperidine rings is 1. The minimum Gasteiger partial charge on any atom is -0.530 e. The number of carboxylic acid groups (broad SMARTS) is 1. The highest BCUT2D eigenvalue weighted by molar-refractivity contribution is 9.10. The number of carbonyl (C=O) groups is 1. The first-order chi connectivity index (χ1) is 13.0. The van der Waals surface area contributed by atoms with E-state index in [1.54, 1.807) is 0 Å². The number of aliphatic hydroxyl groups is 1. The fourth-order valence-electron chi connectivity index (χ4n) is 3.15. The van der Waals surface area contributed by atoms with Gasteiger partial charge < -0.3 is 29.4 Å². The highest BCUT2D eigenvalue weighted by Gasteiger charge is 2.28. The number of likely N-dealkylation sites (tertiary alicyclic amines) is 1. The average molecular weight is 435 g/mol. The van der Waals surface area contributed by atoms with Crippen molar-refractivity contribution in [2.75, 3.05) is 26.3 Å². The zero-order valence-corrected chi connectivity index (χ0v) is 16.3. The van der Waals surface area contributed by atoms with Gasteiger partial charge in [-0.05, 0) is 48.4 Å². The number of nitrogens with zero attached hydrogens (tertiary/aromatic N) is 1. The summed E-state index contributed by atoms with van der Waals surface area (Å²) in [6.07, 6.45) is -1.40. The van der Waals surface area contributed by atoms with Crippen LogP contribution in [0, 0.1) is 0 Å². The molecule has 2 aromatic rings. The summed E-state index contributed by atoms with van der Waals surface area (Å²) in [6.45, 7) is 1.31. The number of amides is 1. The first-order valence-electron chi connectivity index (χ1n) is 8.78. The highest BCUT2D eigenvalue weighted by Crippen LogP contribution is 2.29. The third-order valence-corrected chi connectivity index (χ3v) is 5.11. The summed E-state index contributed by atoms with van der Waals surface area (Å²) in [6, 6.07) is 15.1. The minimum absolute atomic E-state index is 0.0820. The minimum atomic E-state index is -1.23. The van der Waals surface area contributed by atoms with E-state index in [4.69, 9.17) is 9.47 Å². The lowest BCUT2D eigenvalue weighted by molar-refractivity contribution is -0.268. The van der Waals surface area contributed by atoms with Gasteiger partial charge in [-0.1, -0.05) is 28.1 Å². The molecule has 0 spiro atoms. The second kappa shape index (κ2) is 9.10. The van der Waals surface area contributed by atoms with E-state index in [9.17, 15) is 15.0 Å². The van der Waals surface area contributed by atoms with Gasteiger partial charge in [-0.2, -0.15) is 0 Å². The van der Waals surface area contributed by atoms with Crippen LogP contribution in [-0.4, -0.2) is 48.5 Å². The number of halogens is 1. The Morgan fingerprint density at radius 3 is 2.15 bits per heavy atom. The Hall–Kier alpha value is -2.25. The molecule has 2 unspecified atom stereocenters. The number of hydrogen-bond acceptors (Lipinski definition) is 5. The van der Waals surface area contributed by atoms with Gasteiger partial charge in [0.15, 0.2) is 0 Å². The summed E-state index contributed by atoms with van der Waals surface area (Å²) >= 11 is 3.38. The molecule has 144 valence electrons. The third kappa shape index (κ3) is 5.37. The van der Waals surface area contributed by atoms with Gasteiger partial charge in [-0.25, -0.2) is 0 Å². The molecule has 0 aliphatic carbocycles. The smallest absolute Gasteiger partial charge is 0.137 e. The standard InChI is InChI=1S/C20H22BrNO5/c21-15-3-7-17(8-4-15)27-12-11-26-16-5-1-14(2-6-16)18-9-10-22(20(24)25)13-19(18)23/h1-8,18-19,23H,9-13H2,(H,24,25)/p-1. The van der Waals surface area contributed by atoms with E-state index in [0.717, 1.165) is 26.4 Å². The average Bonchev–Trinajstić information content (AvgIpc) is 2.67. The number of carbonyl (C=O) groups excluding carboxylic acids is 1. The maximum absolute atomic E-state index is 10.9. The van der Waals surface area contributed by atoms with Crippen molar-refractivity contribution in [3.05, 3.63) is 58.6 Å². The van der Waals surface area contributed by atoms with Gasteiger partial charge in [-0.3, -0.25) is 0 Å². The number of benzene rings is 2. The first-order valence-corrected chi connectivity index (χ1v) is 9.57. The maximum Gasteiger partial charge on any atom is 0.137 e. The number of aliphatic hydroxyl groups excluding tert-OH is 1. The zero-order valence-electron chi connectivity index (χ0n) is 14.7. The van der Waals surface area contributed by atoms with E-state index < -0.39 is 12.2 Å². The van der Waals surface area contributed by atoms with Crippen LogP contribution in [0.15, 0.2) is 53.0 Å². The Balaban J connectivity index is 1.46. The Bertz CT molecular complexity index is 750. The summed E-state index contributed by atoms with van der Waals surface area (Å²) in [5, 5.41) is 21.1. The Labute approximate surface area is 166 Å². The van der Waals surface area contributed by atoms with Crippen molar-refractivity contribution in [3.8, 4) is 11.5 Å². The van der Waals surface area contributed by atoms with Crippen molar-refractivity contribution in [3.63, 3.8) is 0 Å². The topological polar surface area (TPSA) is 82.1 Å². The van der Waals surface area contributed by atoms with Crippen LogP contribution in [0.2, 0.25) is 0 Å². The fourth-order valence-corrected chi connectivity index (χ4v) is 3.41. The highest BCUT2D eigenvalue weighted by atomic mass is 79.9. The molecule has 0 bridgehead atoms. The molecule has 0 aromatic heterocycles. The van der Waals surface area contributed by atoms with Crippen LogP contribution in [0.4, 0.5) is 4.79 Å². The van der Waals surface area contributed by atoms with Crippen molar-refractivity contribution in [1.82, 2.24) is 4.90 Å². The second-order valence-corrected chi connectivity index (χ2v) is 7.31. The van der Waals surface area contributed by atoms with Crippen molar-refractivity contribution >= 4 is 22.0 Å². The summed E-state index contributed by atoms with van der Waals surface area (Å²) in [4.78, 5) is 12.0. The lowest BCUT2D eigenvalue weighted by Gasteiger charge is -2.37. The Kier molecular flexibility index (Phi) is 6.58. The van der Waals surface area contributed by atoms with Crippen molar-refractivity contribution in [2.24, 2.45) is 0 Å². The van der Waals surface area contributed by atoms with E-state index in [-0.39, 0.29) is 12.5 Å². The first kappa shape index (κ1) is 19.5.